The lowest BCUT2D eigenvalue weighted by molar-refractivity contribution is 1.07. The first-order valence-corrected chi connectivity index (χ1v) is 5.00. The van der Waals surface area contributed by atoms with Crippen LogP contribution in [-0.4, -0.2) is 0 Å². The maximum Gasteiger partial charge on any atom is 0.102 e. The number of halogens is 4. The van der Waals surface area contributed by atoms with Crippen LogP contribution in [0.4, 0.5) is 0 Å². The molecule has 0 aliphatic heterocycles. The van der Waals surface area contributed by atoms with E-state index < -0.39 is 0 Å². The van der Waals surface area contributed by atoms with Gasteiger partial charge in [-0.05, 0) is 0 Å². The van der Waals surface area contributed by atoms with Gasteiger partial charge in [-0.3, -0.25) is 0 Å². The quantitative estimate of drug-likeness (QED) is 0.792. The molecule has 6 heteroatoms. The van der Waals surface area contributed by atoms with Crippen LogP contribution in [0.3, 0.4) is 0 Å². The standard InChI is InChI=1S/C8H4Cl4N2/c9-5-3(1-13)6(10)8(12)4(2-14)7(5)11/h1,13H2. The zero-order valence-electron chi connectivity index (χ0n) is 6.74. The molecule has 1 aromatic carbocycles. The van der Waals surface area contributed by atoms with E-state index >= 15 is 0 Å². The summed E-state index contributed by atoms with van der Waals surface area (Å²) in [5.74, 6) is 0. The first-order chi connectivity index (χ1) is 6.54. The van der Waals surface area contributed by atoms with Crippen molar-refractivity contribution in [3.8, 4) is 6.07 Å². The molecule has 0 aromatic heterocycles. The molecule has 0 bridgehead atoms. The van der Waals surface area contributed by atoms with Crippen LogP contribution in [0.25, 0.3) is 0 Å². The zero-order valence-corrected chi connectivity index (χ0v) is 9.77. The van der Waals surface area contributed by atoms with Crippen LogP contribution in [-0.2, 0) is 6.54 Å². The Morgan fingerprint density at radius 2 is 1.43 bits per heavy atom. The molecule has 0 saturated heterocycles. The van der Waals surface area contributed by atoms with Crippen LogP contribution in [0.1, 0.15) is 11.1 Å². The smallest absolute Gasteiger partial charge is 0.102 e. The van der Waals surface area contributed by atoms with Crippen molar-refractivity contribution in [2.45, 2.75) is 6.54 Å². The van der Waals surface area contributed by atoms with Gasteiger partial charge in [0.1, 0.15) is 6.07 Å². The molecular weight excluding hydrogens is 266 g/mol. The summed E-state index contributed by atoms with van der Waals surface area (Å²) in [5.41, 5.74) is 5.93. The summed E-state index contributed by atoms with van der Waals surface area (Å²) < 4.78 is 0. The number of benzene rings is 1. The number of hydrogen-bond acceptors (Lipinski definition) is 2. The predicted molar refractivity (Wildman–Crippen MR) is 59.1 cm³/mol. The van der Waals surface area contributed by atoms with Gasteiger partial charge in [-0.25, -0.2) is 0 Å². The van der Waals surface area contributed by atoms with Gasteiger partial charge in [0.15, 0.2) is 0 Å². The molecular formula is C8H4Cl4N2. The SMILES string of the molecule is N#Cc1c(Cl)c(Cl)c(CN)c(Cl)c1Cl. The fourth-order valence-electron chi connectivity index (χ4n) is 0.955. The molecule has 74 valence electrons. The third-order valence-electron chi connectivity index (χ3n) is 1.67. The van der Waals surface area contributed by atoms with E-state index in [1.165, 1.54) is 0 Å². The number of nitriles is 1. The molecule has 0 unspecified atom stereocenters. The first-order valence-electron chi connectivity index (χ1n) is 3.49. The highest BCUT2D eigenvalue weighted by Crippen LogP contribution is 2.40. The van der Waals surface area contributed by atoms with E-state index in [0.29, 0.717) is 5.56 Å². The van der Waals surface area contributed by atoms with Crippen molar-refractivity contribution < 1.29 is 0 Å². The van der Waals surface area contributed by atoms with Gasteiger partial charge in [-0.1, -0.05) is 46.4 Å². The van der Waals surface area contributed by atoms with Crippen molar-refractivity contribution in [3.05, 3.63) is 31.2 Å². The highest BCUT2D eigenvalue weighted by molar-refractivity contribution is 6.49. The second-order valence-electron chi connectivity index (χ2n) is 2.43. The first kappa shape index (κ1) is 11.9. The summed E-state index contributed by atoms with van der Waals surface area (Å²) in [6.07, 6.45) is 0. The van der Waals surface area contributed by atoms with E-state index in [4.69, 9.17) is 57.4 Å². The van der Waals surface area contributed by atoms with Crippen LogP contribution >= 0.6 is 46.4 Å². The van der Waals surface area contributed by atoms with E-state index in [0.717, 1.165) is 0 Å². The molecule has 0 radical (unpaired) electrons. The predicted octanol–water partition coefficient (Wildman–Crippen LogP) is 3.63. The molecule has 0 aliphatic carbocycles. The fourth-order valence-corrected chi connectivity index (χ4v) is 2.09. The molecule has 0 spiro atoms. The molecule has 0 atom stereocenters. The number of rotatable bonds is 1. The van der Waals surface area contributed by atoms with E-state index in [1.807, 2.05) is 6.07 Å². The minimum absolute atomic E-state index is 0.0699. The van der Waals surface area contributed by atoms with E-state index in [1.54, 1.807) is 0 Å². The van der Waals surface area contributed by atoms with Gasteiger partial charge in [0, 0.05) is 12.1 Å². The van der Waals surface area contributed by atoms with Gasteiger partial charge in [0.2, 0.25) is 0 Å². The highest BCUT2D eigenvalue weighted by atomic mass is 35.5. The highest BCUT2D eigenvalue weighted by Gasteiger charge is 2.18. The van der Waals surface area contributed by atoms with Gasteiger partial charge >= 0.3 is 0 Å². The molecule has 0 fully saturated rings. The zero-order chi connectivity index (χ0) is 10.9. The third-order valence-corrected chi connectivity index (χ3v) is 3.45. The Morgan fingerprint density at radius 3 is 1.71 bits per heavy atom. The van der Waals surface area contributed by atoms with Gasteiger partial charge in [-0.15, -0.1) is 0 Å². The van der Waals surface area contributed by atoms with Gasteiger partial charge in [0.05, 0.1) is 25.7 Å². The van der Waals surface area contributed by atoms with Crippen molar-refractivity contribution in [1.82, 2.24) is 0 Å². The number of nitrogens with two attached hydrogens (primary N) is 1. The molecule has 1 rings (SSSR count). The lowest BCUT2D eigenvalue weighted by Crippen LogP contribution is -2.00. The summed E-state index contributed by atoms with van der Waals surface area (Å²) >= 11 is 23.3. The van der Waals surface area contributed by atoms with Crippen LogP contribution in [0.5, 0.6) is 0 Å². The van der Waals surface area contributed by atoms with E-state index in [9.17, 15) is 0 Å². The van der Waals surface area contributed by atoms with Crippen molar-refractivity contribution in [1.29, 1.82) is 5.26 Å². The van der Waals surface area contributed by atoms with Crippen molar-refractivity contribution in [2.75, 3.05) is 0 Å². The number of nitrogens with zero attached hydrogens (tertiary/aromatic N) is 1. The number of hydrogen-bond donors (Lipinski definition) is 1. The molecule has 0 saturated carbocycles. The molecule has 2 N–H and O–H groups in total. The summed E-state index contributed by atoms with van der Waals surface area (Å²) in [5, 5.41) is 9.28. The Labute approximate surface area is 101 Å². The molecule has 2 nitrogen and oxygen atoms in total. The topological polar surface area (TPSA) is 49.8 Å². The van der Waals surface area contributed by atoms with Crippen LogP contribution < -0.4 is 5.73 Å². The van der Waals surface area contributed by atoms with E-state index in [2.05, 4.69) is 0 Å². The molecule has 0 heterocycles. The Hall–Kier alpha value is -0.170. The minimum atomic E-state index is 0.0699. The lowest BCUT2D eigenvalue weighted by Gasteiger charge is -2.09. The fraction of sp³-hybridized carbons (Fsp3) is 0.125. The van der Waals surface area contributed by atoms with Crippen LogP contribution in [0.15, 0.2) is 0 Å². The minimum Gasteiger partial charge on any atom is -0.326 e. The Kier molecular flexibility index (Phi) is 3.88. The van der Waals surface area contributed by atoms with Crippen molar-refractivity contribution in [2.24, 2.45) is 5.73 Å². The van der Waals surface area contributed by atoms with Crippen LogP contribution in [0, 0.1) is 11.3 Å². The summed E-state index contributed by atoms with van der Waals surface area (Å²) in [6, 6.07) is 1.82. The average molecular weight is 270 g/mol. The second kappa shape index (κ2) is 4.57. The third kappa shape index (κ3) is 1.79. The van der Waals surface area contributed by atoms with Gasteiger partial charge in [0.25, 0.3) is 0 Å². The monoisotopic (exact) mass is 268 g/mol. The molecule has 14 heavy (non-hydrogen) atoms. The molecule has 0 aliphatic rings. The largest absolute Gasteiger partial charge is 0.326 e. The Bertz CT molecular complexity index is 386. The van der Waals surface area contributed by atoms with Gasteiger partial charge < -0.3 is 5.73 Å². The van der Waals surface area contributed by atoms with E-state index in [-0.39, 0.29) is 32.2 Å². The normalized spacial score (nSPS) is 10.0. The van der Waals surface area contributed by atoms with Crippen molar-refractivity contribution >= 4 is 46.4 Å². The summed E-state index contributed by atoms with van der Waals surface area (Å²) in [6.45, 7) is 0.114. The maximum atomic E-state index is 8.74. The van der Waals surface area contributed by atoms with Crippen LogP contribution in [0.2, 0.25) is 20.1 Å². The molecule has 0 amide bonds. The maximum absolute atomic E-state index is 8.74. The lowest BCUT2D eigenvalue weighted by atomic mass is 10.1. The Morgan fingerprint density at radius 1 is 1.00 bits per heavy atom. The Balaban J connectivity index is 3.66. The van der Waals surface area contributed by atoms with Crippen molar-refractivity contribution in [3.63, 3.8) is 0 Å². The summed E-state index contributed by atoms with van der Waals surface area (Å²) in [7, 11) is 0. The molecule has 1 aromatic rings. The van der Waals surface area contributed by atoms with Gasteiger partial charge in [-0.2, -0.15) is 5.26 Å². The second-order valence-corrected chi connectivity index (χ2v) is 3.94. The average Bonchev–Trinajstić information content (AvgIpc) is 2.17. The summed E-state index contributed by atoms with van der Waals surface area (Å²) in [4.78, 5) is 0.